The van der Waals surface area contributed by atoms with Gasteiger partial charge in [0.2, 0.25) is 5.91 Å². The van der Waals surface area contributed by atoms with E-state index < -0.39 is 20.7 Å². The van der Waals surface area contributed by atoms with Crippen molar-refractivity contribution in [2.75, 3.05) is 5.32 Å². The van der Waals surface area contributed by atoms with Gasteiger partial charge in [0.1, 0.15) is 0 Å². The van der Waals surface area contributed by atoms with Gasteiger partial charge in [0.05, 0.1) is 15.1 Å². The number of nitro benzene ring substituents is 1. The van der Waals surface area contributed by atoms with Crippen LogP contribution in [0.5, 0.6) is 0 Å². The largest absolute Gasteiger partial charge is 0.323 e. The van der Waals surface area contributed by atoms with Crippen LogP contribution in [0.4, 0.5) is 11.4 Å². The SMILES string of the molecule is O=C(/C=C/c1cccc([N+](=O)[O-])c1)Nc1ccc(S(=O)(=O)C2CCCC2)cc1. The molecule has 0 saturated heterocycles. The van der Waals surface area contributed by atoms with Gasteiger partial charge in [-0.05, 0) is 48.7 Å². The van der Waals surface area contributed by atoms with E-state index in [1.54, 1.807) is 24.3 Å². The minimum atomic E-state index is -3.32. The molecular formula is C20H20N2O5S. The van der Waals surface area contributed by atoms with Crippen LogP contribution in [0.3, 0.4) is 0 Å². The Hall–Kier alpha value is -3.00. The second kappa shape index (κ2) is 8.35. The van der Waals surface area contributed by atoms with Gasteiger partial charge in [0.15, 0.2) is 9.84 Å². The first-order valence-electron chi connectivity index (χ1n) is 8.94. The Labute approximate surface area is 163 Å². The molecule has 0 unspecified atom stereocenters. The lowest BCUT2D eigenvalue weighted by molar-refractivity contribution is -0.384. The molecule has 8 heteroatoms. The molecule has 28 heavy (non-hydrogen) atoms. The number of nitrogens with one attached hydrogen (secondary N) is 1. The third-order valence-electron chi connectivity index (χ3n) is 4.70. The second-order valence-corrected chi connectivity index (χ2v) is 8.88. The lowest BCUT2D eigenvalue weighted by atomic mass is 10.2. The predicted octanol–water partition coefficient (Wildman–Crippen LogP) is 3.96. The quantitative estimate of drug-likeness (QED) is 0.449. The molecule has 2 aromatic rings. The van der Waals surface area contributed by atoms with Crippen LogP contribution in [0, 0.1) is 10.1 Å². The summed E-state index contributed by atoms with van der Waals surface area (Å²) >= 11 is 0. The molecule has 146 valence electrons. The number of carbonyl (C=O) groups is 1. The predicted molar refractivity (Wildman–Crippen MR) is 107 cm³/mol. The van der Waals surface area contributed by atoms with Crippen molar-refractivity contribution in [2.24, 2.45) is 0 Å². The van der Waals surface area contributed by atoms with Crippen LogP contribution in [0.2, 0.25) is 0 Å². The molecular weight excluding hydrogens is 380 g/mol. The van der Waals surface area contributed by atoms with E-state index in [0.717, 1.165) is 12.8 Å². The average Bonchev–Trinajstić information content (AvgIpc) is 3.23. The molecule has 1 amide bonds. The average molecular weight is 400 g/mol. The van der Waals surface area contributed by atoms with Crippen molar-refractivity contribution in [1.82, 2.24) is 0 Å². The minimum absolute atomic E-state index is 0.0541. The van der Waals surface area contributed by atoms with E-state index in [1.807, 2.05) is 0 Å². The van der Waals surface area contributed by atoms with Crippen LogP contribution in [0.1, 0.15) is 31.2 Å². The zero-order valence-corrected chi connectivity index (χ0v) is 15.9. The zero-order valence-electron chi connectivity index (χ0n) is 15.1. The van der Waals surface area contributed by atoms with Gasteiger partial charge in [-0.15, -0.1) is 0 Å². The summed E-state index contributed by atoms with van der Waals surface area (Å²) in [4.78, 5) is 22.6. The number of amides is 1. The summed E-state index contributed by atoms with van der Waals surface area (Å²) in [6.45, 7) is 0. The Morgan fingerprint density at radius 3 is 2.43 bits per heavy atom. The van der Waals surface area contributed by atoms with Crippen LogP contribution in [0.15, 0.2) is 59.5 Å². The Balaban J connectivity index is 1.64. The van der Waals surface area contributed by atoms with Crippen molar-refractivity contribution in [3.63, 3.8) is 0 Å². The highest BCUT2D eigenvalue weighted by atomic mass is 32.2. The van der Waals surface area contributed by atoms with E-state index in [1.165, 1.54) is 36.4 Å². The molecule has 2 aromatic carbocycles. The summed E-state index contributed by atoms with van der Waals surface area (Å²) in [5.41, 5.74) is 0.947. The Bertz CT molecular complexity index is 1010. The monoisotopic (exact) mass is 400 g/mol. The van der Waals surface area contributed by atoms with Crippen LogP contribution < -0.4 is 5.32 Å². The minimum Gasteiger partial charge on any atom is -0.323 e. The van der Waals surface area contributed by atoms with Gasteiger partial charge >= 0.3 is 0 Å². The molecule has 0 spiro atoms. The molecule has 1 fully saturated rings. The summed E-state index contributed by atoms with van der Waals surface area (Å²) in [5.74, 6) is -0.419. The third kappa shape index (κ3) is 4.64. The molecule has 0 heterocycles. The van der Waals surface area contributed by atoms with Crippen LogP contribution in [-0.4, -0.2) is 24.5 Å². The molecule has 3 rings (SSSR count). The van der Waals surface area contributed by atoms with E-state index in [4.69, 9.17) is 0 Å². The second-order valence-electron chi connectivity index (χ2n) is 6.65. The van der Waals surface area contributed by atoms with Gasteiger partial charge in [-0.2, -0.15) is 0 Å². The van der Waals surface area contributed by atoms with Gasteiger partial charge in [-0.1, -0.05) is 25.0 Å². The van der Waals surface area contributed by atoms with Crippen molar-refractivity contribution < 1.29 is 18.1 Å². The number of sulfone groups is 1. The summed E-state index contributed by atoms with van der Waals surface area (Å²) in [7, 11) is -3.32. The van der Waals surface area contributed by atoms with Crippen molar-refractivity contribution >= 4 is 33.2 Å². The topological polar surface area (TPSA) is 106 Å². The first-order valence-corrected chi connectivity index (χ1v) is 10.5. The number of rotatable bonds is 6. The number of hydrogen-bond donors (Lipinski definition) is 1. The van der Waals surface area contributed by atoms with E-state index >= 15 is 0 Å². The van der Waals surface area contributed by atoms with Crippen LogP contribution >= 0.6 is 0 Å². The Morgan fingerprint density at radius 1 is 1.11 bits per heavy atom. The normalized spacial score (nSPS) is 15.0. The van der Waals surface area contributed by atoms with Gasteiger partial charge in [-0.3, -0.25) is 14.9 Å². The summed E-state index contributed by atoms with van der Waals surface area (Å²) < 4.78 is 25.1. The van der Waals surface area contributed by atoms with Crippen molar-refractivity contribution in [2.45, 2.75) is 35.8 Å². The van der Waals surface area contributed by atoms with E-state index in [-0.39, 0.29) is 15.8 Å². The smallest absolute Gasteiger partial charge is 0.270 e. The molecule has 0 radical (unpaired) electrons. The number of hydrogen-bond acceptors (Lipinski definition) is 5. The summed E-state index contributed by atoms with van der Waals surface area (Å²) in [6, 6.07) is 12.1. The molecule has 7 nitrogen and oxygen atoms in total. The lowest BCUT2D eigenvalue weighted by Crippen LogP contribution is -2.17. The van der Waals surface area contributed by atoms with E-state index in [0.29, 0.717) is 24.1 Å². The summed E-state index contributed by atoms with van der Waals surface area (Å²) in [5, 5.41) is 13.1. The maximum atomic E-state index is 12.6. The molecule has 0 atom stereocenters. The zero-order chi connectivity index (χ0) is 20.1. The molecule has 0 aromatic heterocycles. The molecule has 1 aliphatic rings. The lowest BCUT2D eigenvalue weighted by Gasteiger charge is -2.11. The van der Waals surface area contributed by atoms with Crippen LogP contribution in [0.25, 0.3) is 6.08 Å². The molecule has 0 bridgehead atoms. The first-order chi connectivity index (χ1) is 13.4. The fraction of sp³-hybridized carbons (Fsp3) is 0.250. The molecule has 0 aliphatic heterocycles. The number of anilines is 1. The maximum absolute atomic E-state index is 12.6. The van der Waals surface area contributed by atoms with Crippen molar-refractivity contribution in [3.8, 4) is 0 Å². The van der Waals surface area contributed by atoms with E-state index in [2.05, 4.69) is 5.32 Å². The molecule has 1 aliphatic carbocycles. The number of benzene rings is 2. The highest BCUT2D eigenvalue weighted by molar-refractivity contribution is 7.92. The highest BCUT2D eigenvalue weighted by Crippen LogP contribution is 2.30. The first kappa shape index (κ1) is 19.8. The summed E-state index contributed by atoms with van der Waals surface area (Å²) in [6.07, 6.45) is 6.01. The molecule has 1 saturated carbocycles. The van der Waals surface area contributed by atoms with Crippen molar-refractivity contribution in [1.29, 1.82) is 0 Å². The number of non-ortho nitro benzene ring substituents is 1. The fourth-order valence-corrected chi connectivity index (χ4v) is 5.07. The van der Waals surface area contributed by atoms with Crippen molar-refractivity contribution in [3.05, 3.63) is 70.3 Å². The number of nitro groups is 1. The van der Waals surface area contributed by atoms with Gasteiger partial charge in [0.25, 0.3) is 5.69 Å². The van der Waals surface area contributed by atoms with Gasteiger partial charge < -0.3 is 5.32 Å². The number of carbonyl (C=O) groups excluding carboxylic acids is 1. The fourth-order valence-electron chi connectivity index (χ4n) is 3.22. The van der Waals surface area contributed by atoms with Gasteiger partial charge in [-0.25, -0.2) is 8.42 Å². The molecule has 1 N–H and O–H groups in total. The van der Waals surface area contributed by atoms with Crippen LogP contribution in [-0.2, 0) is 14.6 Å². The Morgan fingerprint density at radius 2 is 1.79 bits per heavy atom. The highest BCUT2D eigenvalue weighted by Gasteiger charge is 2.30. The standard InChI is InChI=1S/C20H20N2O5S/c23-20(13-8-15-4-3-5-17(14-15)22(24)25)21-16-9-11-19(12-10-16)28(26,27)18-6-1-2-7-18/h3-5,8-14,18H,1-2,6-7H2,(H,21,23)/b13-8+. The maximum Gasteiger partial charge on any atom is 0.270 e. The Kier molecular flexibility index (Phi) is 5.89. The van der Waals surface area contributed by atoms with Gasteiger partial charge in [0, 0.05) is 23.9 Å². The van der Waals surface area contributed by atoms with E-state index in [9.17, 15) is 23.3 Å². The number of nitrogens with zero attached hydrogens (tertiary/aromatic N) is 1. The third-order valence-corrected chi connectivity index (χ3v) is 6.98.